The molecule has 0 aliphatic rings. The second-order valence-corrected chi connectivity index (χ2v) is 6.50. The van der Waals surface area contributed by atoms with Gasteiger partial charge in [0, 0.05) is 6.54 Å². The summed E-state index contributed by atoms with van der Waals surface area (Å²) in [5.41, 5.74) is 2.12. The Balaban J connectivity index is 1.45. The van der Waals surface area contributed by atoms with E-state index in [4.69, 9.17) is 4.74 Å². The second kappa shape index (κ2) is 9.97. The quantitative estimate of drug-likeness (QED) is 0.578. The van der Waals surface area contributed by atoms with Crippen molar-refractivity contribution in [2.45, 2.75) is 26.1 Å². The Hall–Kier alpha value is -4.01. The first kappa shape index (κ1) is 20.7. The number of hydrogen-bond donors (Lipinski definition) is 2. The van der Waals surface area contributed by atoms with Crippen LogP contribution in [-0.2, 0) is 22.6 Å². The van der Waals surface area contributed by atoms with Crippen LogP contribution in [0, 0.1) is 0 Å². The van der Waals surface area contributed by atoms with Crippen LogP contribution in [-0.4, -0.2) is 38.8 Å². The standard InChI is InChI=1S/C21H21N5O4/c1-15(19(27)25-21(29)23-11-16-5-3-2-4-6-16)30-20(28)18-9-7-17(8-10-18)12-26-14-22-13-24-26/h2-10,13-15H,11-12H2,1H3,(H2,23,25,27,29). The van der Waals surface area contributed by atoms with Crippen molar-refractivity contribution >= 4 is 17.9 Å². The third-order valence-electron chi connectivity index (χ3n) is 4.19. The van der Waals surface area contributed by atoms with Crippen LogP contribution in [0.25, 0.3) is 0 Å². The molecule has 9 nitrogen and oxygen atoms in total. The molecule has 30 heavy (non-hydrogen) atoms. The number of benzene rings is 2. The highest BCUT2D eigenvalue weighted by Crippen LogP contribution is 2.09. The van der Waals surface area contributed by atoms with Gasteiger partial charge >= 0.3 is 12.0 Å². The summed E-state index contributed by atoms with van der Waals surface area (Å²) in [7, 11) is 0. The third kappa shape index (κ3) is 5.99. The van der Waals surface area contributed by atoms with E-state index in [1.54, 1.807) is 35.3 Å². The molecule has 3 rings (SSSR count). The average Bonchev–Trinajstić information content (AvgIpc) is 3.26. The lowest BCUT2D eigenvalue weighted by atomic mass is 10.1. The minimum Gasteiger partial charge on any atom is -0.449 e. The number of aromatic nitrogens is 3. The van der Waals surface area contributed by atoms with Gasteiger partial charge in [-0.2, -0.15) is 5.10 Å². The van der Waals surface area contributed by atoms with Crippen LogP contribution < -0.4 is 10.6 Å². The fourth-order valence-corrected chi connectivity index (χ4v) is 2.57. The molecule has 3 amide bonds. The van der Waals surface area contributed by atoms with Crippen LogP contribution >= 0.6 is 0 Å². The zero-order chi connectivity index (χ0) is 21.3. The molecule has 0 bridgehead atoms. The van der Waals surface area contributed by atoms with Crippen LogP contribution in [0.1, 0.15) is 28.4 Å². The summed E-state index contributed by atoms with van der Waals surface area (Å²) in [6.45, 7) is 2.19. The maximum Gasteiger partial charge on any atom is 0.338 e. The lowest BCUT2D eigenvalue weighted by Crippen LogP contribution is -2.44. The first-order valence-electron chi connectivity index (χ1n) is 9.26. The van der Waals surface area contributed by atoms with Gasteiger partial charge in [0.1, 0.15) is 12.7 Å². The lowest BCUT2D eigenvalue weighted by molar-refractivity contribution is -0.127. The Labute approximate surface area is 173 Å². The minimum absolute atomic E-state index is 0.273. The van der Waals surface area contributed by atoms with Crippen molar-refractivity contribution in [2.24, 2.45) is 0 Å². The highest BCUT2D eigenvalue weighted by molar-refractivity contribution is 5.98. The van der Waals surface area contributed by atoms with Crippen LogP contribution in [0.4, 0.5) is 4.79 Å². The Bertz CT molecular complexity index is 988. The van der Waals surface area contributed by atoms with Crippen molar-refractivity contribution in [3.63, 3.8) is 0 Å². The fourth-order valence-electron chi connectivity index (χ4n) is 2.57. The molecule has 0 fully saturated rings. The molecule has 0 aliphatic heterocycles. The molecule has 0 spiro atoms. The summed E-state index contributed by atoms with van der Waals surface area (Å²) in [6.07, 6.45) is 1.91. The summed E-state index contributed by atoms with van der Waals surface area (Å²) < 4.78 is 6.80. The first-order chi connectivity index (χ1) is 14.5. The smallest absolute Gasteiger partial charge is 0.338 e. The molecule has 0 saturated carbocycles. The van der Waals surface area contributed by atoms with Crippen molar-refractivity contribution in [3.05, 3.63) is 83.9 Å². The third-order valence-corrected chi connectivity index (χ3v) is 4.19. The normalized spacial score (nSPS) is 11.4. The highest BCUT2D eigenvalue weighted by Gasteiger charge is 2.20. The number of amides is 3. The van der Waals surface area contributed by atoms with E-state index < -0.39 is 24.0 Å². The summed E-state index contributed by atoms with van der Waals surface area (Å²) in [4.78, 5) is 40.1. The number of rotatable bonds is 7. The van der Waals surface area contributed by atoms with E-state index in [2.05, 4.69) is 20.7 Å². The van der Waals surface area contributed by atoms with Crippen LogP contribution in [0.3, 0.4) is 0 Å². The zero-order valence-corrected chi connectivity index (χ0v) is 16.3. The average molecular weight is 407 g/mol. The molecule has 2 N–H and O–H groups in total. The molecule has 3 aromatic rings. The Morgan fingerprint density at radius 1 is 1.03 bits per heavy atom. The topological polar surface area (TPSA) is 115 Å². The van der Waals surface area contributed by atoms with Gasteiger partial charge in [0.2, 0.25) is 0 Å². The second-order valence-electron chi connectivity index (χ2n) is 6.50. The van der Waals surface area contributed by atoms with E-state index in [-0.39, 0.29) is 6.54 Å². The Morgan fingerprint density at radius 3 is 2.43 bits per heavy atom. The number of carbonyl (C=O) groups excluding carboxylic acids is 3. The molecule has 0 aliphatic carbocycles. The fraction of sp³-hybridized carbons (Fsp3) is 0.190. The number of hydrogen-bond acceptors (Lipinski definition) is 6. The largest absolute Gasteiger partial charge is 0.449 e. The molecule has 0 saturated heterocycles. The van der Waals surface area contributed by atoms with E-state index >= 15 is 0 Å². The van der Waals surface area contributed by atoms with E-state index in [1.807, 2.05) is 30.3 Å². The maximum atomic E-state index is 12.3. The van der Waals surface area contributed by atoms with E-state index in [0.29, 0.717) is 12.1 Å². The molecular weight excluding hydrogens is 386 g/mol. The van der Waals surface area contributed by atoms with Crippen molar-refractivity contribution in [3.8, 4) is 0 Å². The van der Waals surface area contributed by atoms with Crippen LogP contribution in [0.15, 0.2) is 67.3 Å². The van der Waals surface area contributed by atoms with Gasteiger partial charge in [-0.05, 0) is 30.2 Å². The number of esters is 1. The van der Waals surface area contributed by atoms with Crippen LogP contribution in [0.2, 0.25) is 0 Å². The van der Waals surface area contributed by atoms with Gasteiger partial charge in [-0.15, -0.1) is 0 Å². The highest BCUT2D eigenvalue weighted by atomic mass is 16.5. The first-order valence-corrected chi connectivity index (χ1v) is 9.26. The predicted octanol–water partition coefficient (Wildman–Crippen LogP) is 1.90. The monoisotopic (exact) mass is 407 g/mol. The molecule has 1 heterocycles. The predicted molar refractivity (Wildman–Crippen MR) is 107 cm³/mol. The molecule has 1 unspecified atom stereocenters. The molecule has 0 radical (unpaired) electrons. The summed E-state index contributed by atoms with van der Waals surface area (Å²) in [5.74, 6) is -1.37. The SMILES string of the molecule is CC(OC(=O)c1ccc(Cn2cncn2)cc1)C(=O)NC(=O)NCc1ccccc1. The van der Waals surface area contributed by atoms with Crippen LogP contribution in [0.5, 0.6) is 0 Å². The van der Waals surface area contributed by atoms with Gasteiger partial charge in [-0.25, -0.2) is 19.3 Å². The summed E-state index contributed by atoms with van der Waals surface area (Å²) in [6, 6.07) is 15.3. The van der Waals surface area contributed by atoms with Gasteiger partial charge < -0.3 is 10.1 Å². The number of urea groups is 1. The number of nitrogens with zero attached hydrogens (tertiary/aromatic N) is 3. The summed E-state index contributed by atoms with van der Waals surface area (Å²) in [5, 5.41) is 8.75. The Kier molecular flexibility index (Phi) is 6.88. The molecule has 9 heteroatoms. The van der Waals surface area contributed by atoms with Gasteiger partial charge in [-0.1, -0.05) is 42.5 Å². The molecule has 2 aromatic carbocycles. The van der Waals surface area contributed by atoms with Crippen molar-refractivity contribution in [1.29, 1.82) is 0 Å². The van der Waals surface area contributed by atoms with Crippen molar-refractivity contribution in [2.75, 3.05) is 0 Å². The number of ether oxygens (including phenoxy) is 1. The number of carbonyl (C=O) groups is 3. The molecule has 1 atom stereocenters. The van der Waals surface area contributed by atoms with E-state index in [0.717, 1.165) is 11.1 Å². The van der Waals surface area contributed by atoms with Gasteiger partial charge in [0.05, 0.1) is 12.1 Å². The van der Waals surface area contributed by atoms with Crippen molar-refractivity contribution in [1.82, 2.24) is 25.4 Å². The van der Waals surface area contributed by atoms with E-state index in [9.17, 15) is 14.4 Å². The van der Waals surface area contributed by atoms with Gasteiger partial charge in [0.15, 0.2) is 6.10 Å². The molecular formula is C21H21N5O4. The molecule has 1 aromatic heterocycles. The molecule has 154 valence electrons. The van der Waals surface area contributed by atoms with E-state index in [1.165, 1.54) is 13.3 Å². The lowest BCUT2D eigenvalue weighted by Gasteiger charge is -2.13. The number of imide groups is 1. The maximum absolute atomic E-state index is 12.3. The Morgan fingerprint density at radius 2 is 1.77 bits per heavy atom. The van der Waals surface area contributed by atoms with Gasteiger partial charge in [-0.3, -0.25) is 10.1 Å². The van der Waals surface area contributed by atoms with Gasteiger partial charge in [0.25, 0.3) is 5.91 Å². The van der Waals surface area contributed by atoms with Crippen molar-refractivity contribution < 1.29 is 19.1 Å². The number of nitrogens with one attached hydrogen (secondary N) is 2. The zero-order valence-electron chi connectivity index (χ0n) is 16.3. The summed E-state index contributed by atoms with van der Waals surface area (Å²) >= 11 is 0. The minimum atomic E-state index is -1.13.